The molecule has 76 valence electrons. The van der Waals surface area contributed by atoms with Crippen molar-refractivity contribution >= 4 is 11.7 Å². The van der Waals surface area contributed by atoms with E-state index in [1.54, 1.807) is 6.07 Å². The molecule has 1 rings (SSSR count). The lowest BCUT2D eigenvalue weighted by Crippen LogP contribution is -2.46. The van der Waals surface area contributed by atoms with Crippen molar-refractivity contribution < 1.29 is 18.0 Å². The Labute approximate surface area is 77.9 Å². The number of urea groups is 1. The topological polar surface area (TPSA) is 46.3 Å². The SMILES string of the molecule is NC(=O)N(c1ccccc1)C(F)(F)F. The molecule has 1 aromatic rings. The Morgan fingerprint density at radius 3 is 2.07 bits per heavy atom. The van der Waals surface area contributed by atoms with Crippen LogP contribution in [0.15, 0.2) is 30.3 Å². The van der Waals surface area contributed by atoms with Crippen molar-refractivity contribution in [3.05, 3.63) is 30.3 Å². The average molecular weight is 204 g/mol. The van der Waals surface area contributed by atoms with Gasteiger partial charge in [-0.2, -0.15) is 0 Å². The quantitative estimate of drug-likeness (QED) is 0.699. The normalized spacial score (nSPS) is 11.1. The van der Waals surface area contributed by atoms with E-state index in [2.05, 4.69) is 5.73 Å². The fraction of sp³-hybridized carbons (Fsp3) is 0.125. The van der Waals surface area contributed by atoms with Gasteiger partial charge >= 0.3 is 12.3 Å². The predicted molar refractivity (Wildman–Crippen MR) is 44.6 cm³/mol. The van der Waals surface area contributed by atoms with Crippen LogP contribution in [-0.2, 0) is 0 Å². The largest absolute Gasteiger partial charge is 0.493 e. The number of nitrogens with two attached hydrogens (primary N) is 1. The zero-order chi connectivity index (χ0) is 10.8. The Hall–Kier alpha value is -1.72. The summed E-state index contributed by atoms with van der Waals surface area (Å²) in [5.41, 5.74) is 4.32. The molecule has 2 amide bonds. The molecule has 0 saturated heterocycles. The Bertz CT molecular complexity index is 323. The number of benzene rings is 1. The standard InChI is InChI=1S/C8H7F3N2O/c9-8(10,11)13(7(12)14)6-4-2-1-3-5-6/h1-5H,(H2,12,14). The van der Waals surface area contributed by atoms with Crippen LogP contribution in [0.25, 0.3) is 0 Å². The maximum atomic E-state index is 12.3. The fourth-order valence-electron chi connectivity index (χ4n) is 0.976. The molecular formula is C8H7F3N2O. The van der Waals surface area contributed by atoms with Crippen molar-refractivity contribution in [2.24, 2.45) is 5.73 Å². The van der Waals surface area contributed by atoms with Crippen LogP contribution in [0.5, 0.6) is 0 Å². The predicted octanol–water partition coefficient (Wildman–Crippen LogP) is 2.09. The van der Waals surface area contributed by atoms with Gasteiger partial charge in [0.05, 0.1) is 5.69 Å². The summed E-state index contributed by atoms with van der Waals surface area (Å²) < 4.78 is 36.8. The van der Waals surface area contributed by atoms with E-state index in [-0.39, 0.29) is 5.69 Å². The molecule has 0 fully saturated rings. The summed E-state index contributed by atoms with van der Waals surface area (Å²) in [6, 6.07) is 5.06. The molecule has 0 aliphatic rings. The highest BCUT2D eigenvalue weighted by atomic mass is 19.4. The Balaban J connectivity index is 3.08. The number of anilines is 1. The molecule has 0 aromatic heterocycles. The second kappa shape index (κ2) is 3.57. The first kappa shape index (κ1) is 10.4. The lowest BCUT2D eigenvalue weighted by Gasteiger charge is -2.22. The van der Waals surface area contributed by atoms with E-state index in [0.717, 1.165) is 12.1 Å². The van der Waals surface area contributed by atoms with Gasteiger partial charge in [0.15, 0.2) is 0 Å². The van der Waals surface area contributed by atoms with Gasteiger partial charge in [0.25, 0.3) is 0 Å². The number of hydrogen-bond donors (Lipinski definition) is 1. The number of halogens is 3. The van der Waals surface area contributed by atoms with Gasteiger partial charge in [-0.25, -0.2) is 9.69 Å². The summed E-state index contributed by atoms with van der Waals surface area (Å²) in [6.07, 6.45) is -4.80. The van der Waals surface area contributed by atoms with Crippen molar-refractivity contribution in [1.82, 2.24) is 0 Å². The number of hydrogen-bond acceptors (Lipinski definition) is 1. The summed E-state index contributed by atoms with van der Waals surface area (Å²) >= 11 is 0. The summed E-state index contributed by atoms with van der Waals surface area (Å²) in [5.74, 6) is 0. The van der Waals surface area contributed by atoms with Crippen LogP contribution in [0.3, 0.4) is 0 Å². The number of carbonyl (C=O) groups is 1. The minimum atomic E-state index is -4.80. The fourth-order valence-corrected chi connectivity index (χ4v) is 0.976. The molecule has 0 atom stereocenters. The number of nitrogens with zero attached hydrogens (tertiary/aromatic N) is 1. The van der Waals surface area contributed by atoms with E-state index in [0.29, 0.717) is 0 Å². The smallest absolute Gasteiger partial charge is 0.351 e. The molecule has 0 aliphatic heterocycles. The molecule has 2 N–H and O–H groups in total. The third-order valence-corrected chi connectivity index (χ3v) is 1.49. The third-order valence-electron chi connectivity index (χ3n) is 1.49. The highest BCUT2D eigenvalue weighted by Crippen LogP contribution is 2.27. The summed E-state index contributed by atoms with van der Waals surface area (Å²) in [5, 5.41) is 0. The molecule has 14 heavy (non-hydrogen) atoms. The second-order valence-corrected chi connectivity index (χ2v) is 2.48. The molecule has 1 aromatic carbocycles. The summed E-state index contributed by atoms with van der Waals surface area (Å²) in [7, 11) is 0. The monoisotopic (exact) mass is 204 g/mol. The summed E-state index contributed by atoms with van der Waals surface area (Å²) in [6.45, 7) is 0. The highest BCUT2D eigenvalue weighted by Gasteiger charge is 2.41. The van der Waals surface area contributed by atoms with Crippen LogP contribution in [-0.4, -0.2) is 12.3 Å². The van der Waals surface area contributed by atoms with Crippen LogP contribution in [0, 0.1) is 0 Å². The van der Waals surface area contributed by atoms with E-state index in [9.17, 15) is 18.0 Å². The third kappa shape index (κ3) is 2.15. The van der Waals surface area contributed by atoms with Gasteiger partial charge in [-0.05, 0) is 12.1 Å². The molecule has 6 heteroatoms. The molecule has 0 unspecified atom stereocenters. The number of rotatable bonds is 1. The lowest BCUT2D eigenvalue weighted by molar-refractivity contribution is -0.120. The van der Waals surface area contributed by atoms with E-state index >= 15 is 0 Å². The number of alkyl halides is 3. The van der Waals surface area contributed by atoms with E-state index in [4.69, 9.17) is 0 Å². The molecule has 0 bridgehead atoms. The zero-order valence-electron chi connectivity index (χ0n) is 6.95. The molecule has 0 radical (unpaired) electrons. The van der Waals surface area contributed by atoms with Gasteiger partial charge in [-0.1, -0.05) is 18.2 Å². The Morgan fingerprint density at radius 2 is 1.71 bits per heavy atom. The maximum absolute atomic E-state index is 12.3. The second-order valence-electron chi connectivity index (χ2n) is 2.48. The van der Waals surface area contributed by atoms with Crippen LogP contribution >= 0.6 is 0 Å². The van der Waals surface area contributed by atoms with Crippen LogP contribution < -0.4 is 10.6 Å². The van der Waals surface area contributed by atoms with E-state index in [1.807, 2.05) is 0 Å². The Kier molecular flexibility index (Phi) is 2.64. The van der Waals surface area contributed by atoms with Crippen LogP contribution in [0.2, 0.25) is 0 Å². The molecule has 0 aliphatic carbocycles. The Morgan fingerprint density at radius 1 is 1.21 bits per heavy atom. The molecule has 3 nitrogen and oxygen atoms in total. The van der Waals surface area contributed by atoms with E-state index < -0.39 is 17.2 Å². The van der Waals surface area contributed by atoms with Gasteiger partial charge in [-0.3, -0.25) is 0 Å². The van der Waals surface area contributed by atoms with Gasteiger partial charge < -0.3 is 5.73 Å². The lowest BCUT2D eigenvalue weighted by atomic mass is 10.3. The maximum Gasteiger partial charge on any atom is 0.493 e. The highest BCUT2D eigenvalue weighted by molar-refractivity contribution is 5.91. The van der Waals surface area contributed by atoms with Crippen molar-refractivity contribution in [3.8, 4) is 0 Å². The minimum Gasteiger partial charge on any atom is -0.351 e. The zero-order valence-corrected chi connectivity index (χ0v) is 6.95. The first-order valence-electron chi connectivity index (χ1n) is 3.64. The van der Waals surface area contributed by atoms with Crippen molar-refractivity contribution in [2.45, 2.75) is 6.30 Å². The van der Waals surface area contributed by atoms with Gasteiger partial charge in [0.1, 0.15) is 0 Å². The van der Waals surface area contributed by atoms with Gasteiger partial charge in [-0.15, -0.1) is 13.2 Å². The molecular weight excluding hydrogens is 197 g/mol. The van der Waals surface area contributed by atoms with Crippen molar-refractivity contribution in [2.75, 3.05) is 4.90 Å². The first-order valence-corrected chi connectivity index (χ1v) is 3.64. The van der Waals surface area contributed by atoms with Crippen LogP contribution in [0.4, 0.5) is 23.7 Å². The average Bonchev–Trinajstić information content (AvgIpc) is 2.02. The van der Waals surface area contributed by atoms with Gasteiger partial charge in [0, 0.05) is 0 Å². The molecule has 0 heterocycles. The molecule has 0 saturated carbocycles. The number of amides is 2. The van der Waals surface area contributed by atoms with Crippen molar-refractivity contribution in [1.29, 1.82) is 0 Å². The molecule has 0 spiro atoms. The number of primary amides is 1. The van der Waals surface area contributed by atoms with E-state index in [1.165, 1.54) is 12.1 Å². The van der Waals surface area contributed by atoms with Crippen LogP contribution in [0.1, 0.15) is 0 Å². The first-order chi connectivity index (χ1) is 6.43. The minimum absolute atomic E-state index is 0.299. The number of para-hydroxylation sites is 1. The summed E-state index contributed by atoms with van der Waals surface area (Å²) in [4.78, 5) is 10.2. The number of carbonyl (C=O) groups excluding carboxylic acids is 1. The van der Waals surface area contributed by atoms with Gasteiger partial charge in [0.2, 0.25) is 0 Å². The van der Waals surface area contributed by atoms with Crippen molar-refractivity contribution in [3.63, 3.8) is 0 Å².